The fourth-order valence-corrected chi connectivity index (χ4v) is 2.66. The summed E-state index contributed by atoms with van der Waals surface area (Å²) in [5.41, 5.74) is 3.16. The molecule has 0 heterocycles. The summed E-state index contributed by atoms with van der Waals surface area (Å²) in [5, 5.41) is 0. The molecule has 0 nitrogen and oxygen atoms in total. The number of allylic oxidation sites excluding steroid dienone is 6. The lowest BCUT2D eigenvalue weighted by Gasteiger charge is -2.22. The van der Waals surface area contributed by atoms with Crippen LogP contribution in [0.3, 0.4) is 0 Å². The molecule has 2 aliphatic rings. The van der Waals surface area contributed by atoms with E-state index in [1.807, 2.05) is 0 Å². The highest BCUT2D eigenvalue weighted by Gasteiger charge is 2.29. The first-order chi connectivity index (χ1) is 6.18. The van der Waals surface area contributed by atoms with E-state index in [2.05, 4.69) is 45.1 Å². The molecule has 0 amide bonds. The van der Waals surface area contributed by atoms with Gasteiger partial charge in [0.1, 0.15) is 0 Å². The van der Waals surface area contributed by atoms with Gasteiger partial charge in [-0.3, -0.25) is 0 Å². The summed E-state index contributed by atoms with van der Waals surface area (Å²) in [6.07, 6.45) is 10.5. The molecule has 2 atom stereocenters. The third kappa shape index (κ3) is 1.50. The van der Waals surface area contributed by atoms with E-state index >= 15 is 0 Å². The molecule has 70 valence electrons. The molecular weight excluding hydrogens is 156 g/mol. The quantitative estimate of drug-likeness (QED) is 0.531. The van der Waals surface area contributed by atoms with E-state index < -0.39 is 0 Å². The number of hydrogen-bond donors (Lipinski definition) is 0. The smallest absolute Gasteiger partial charge is 0.00763 e. The highest BCUT2D eigenvalue weighted by atomic mass is 14.3. The van der Waals surface area contributed by atoms with E-state index in [-0.39, 0.29) is 0 Å². The minimum absolute atomic E-state index is 0.737. The first-order valence-electron chi connectivity index (χ1n) is 5.23. The van der Waals surface area contributed by atoms with Crippen LogP contribution in [-0.4, -0.2) is 0 Å². The summed E-state index contributed by atoms with van der Waals surface area (Å²) in [6, 6.07) is 0. The predicted octanol–water partition coefficient (Wildman–Crippen LogP) is 3.72. The Labute approximate surface area is 81.0 Å². The highest BCUT2D eigenvalue weighted by Crippen LogP contribution is 2.40. The molecule has 0 aromatic heterocycles. The van der Waals surface area contributed by atoms with Crippen LogP contribution in [0.4, 0.5) is 0 Å². The maximum Gasteiger partial charge on any atom is -0.00763 e. The van der Waals surface area contributed by atoms with Crippen LogP contribution in [0.25, 0.3) is 0 Å². The van der Waals surface area contributed by atoms with E-state index in [0.717, 1.165) is 17.8 Å². The fourth-order valence-electron chi connectivity index (χ4n) is 2.66. The lowest BCUT2D eigenvalue weighted by Crippen LogP contribution is -2.13. The van der Waals surface area contributed by atoms with Crippen LogP contribution in [0.1, 0.15) is 27.2 Å². The second-order valence-electron chi connectivity index (χ2n) is 4.56. The van der Waals surface area contributed by atoms with E-state index in [1.165, 1.54) is 12.0 Å². The summed E-state index contributed by atoms with van der Waals surface area (Å²) in [5.74, 6) is 2.25. The van der Waals surface area contributed by atoms with Crippen molar-refractivity contribution in [2.75, 3.05) is 0 Å². The normalized spacial score (nSPS) is 37.9. The van der Waals surface area contributed by atoms with Gasteiger partial charge in [0.25, 0.3) is 0 Å². The molecule has 0 aromatic carbocycles. The minimum Gasteiger partial charge on any atom is -0.0848 e. The van der Waals surface area contributed by atoms with Crippen molar-refractivity contribution in [3.8, 4) is 0 Å². The molecule has 2 rings (SSSR count). The molecule has 0 bridgehead atoms. The van der Waals surface area contributed by atoms with Crippen molar-refractivity contribution < 1.29 is 0 Å². The first kappa shape index (κ1) is 8.80. The van der Waals surface area contributed by atoms with Gasteiger partial charge in [-0.1, -0.05) is 49.3 Å². The standard InChI is InChI=1S/C13H18/c1-9-4-7-12(8-9)13-10(2)5-6-11(13)3/h4-7,10-11,13H,8H2,1-3H3. The van der Waals surface area contributed by atoms with Gasteiger partial charge in [-0.25, -0.2) is 0 Å². The first-order valence-corrected chi connectivity index (χ1v) is 5.23. The molecule has 0 saturated heterocycles. The third-order valence-corrected chi connectivity index (χ3v) is 3.34. The van der Waals surface area contributed by atoms with Gasteiger partial charge in [-0.2, -0.15) is 0 Å². The molecule has 0 saturated carbocycles. The summed E-state index contributed by atoms with van der Waals surface area (Å²) < 4.78 is 0. The SMILES string of the molecule is CC1=CC=C(C2C(C)C=CC2C)C1. The second-order valence-corrected chi connectivity index (χ2v) is 4.56. The van der Waals surface area contributed by atoms with Crippen molar-refractivity contribution >= 4 is 0 Å². The second kappa shape index (κ2) is 3.17. The van der Waals surface area contributed by atoms with Gasteiger partial charge in [0.15, 0.2) is 0 Å². The van der Waals surface area contributed by atoms with Gasteiger partial charge in [-0.15, -0.1) is 0 Å². The monoisotopic (exact) mass is 174 g/mol. The topological polar surface area (TPSA) is 0 Å². The van der Waals surface area contributed by atoms with Gasteiger partial charge >= 0.3 is 0 Å². The summed E-state index contributed by atoms with van der Waals surface area (Å²) in [7, 11) is 0. The van der Waals surface area contributed by atoms with Crippen LogP contribution >= 0.6 is 0 Å². The predicted molar refractivity (Wildman–Crippen MR) is 57.4 cm³/mol. The van der Waals surface area contributed by atoms with Gasteiger partial charge in [-0.05, 0) is 31.1 Å². The Hall–Kier alpha value is -0.780. The third-order valence-electron chi connectivity index (χ3n) is 3.34. The van der Waals surface area contributed by atoms with E-state index in [1.54, 1.807) is 5.57 Å². The zero-order chi connectivity index (χ0) is 9.42. The Balaban J connectivity index is 2.11. The average molecular weight is 174 g/mol. The van der Waals surface area contributed by atoms with E-state index in [9.17, 15) is 0 Å². The van der Waals surface area contributed by atoms with E-state index in [4.69, 9.17) is 0 Å². The van der Waals surface area contributed by atoms with Crippen molar-refractivity contribution in [2.45, 2.75) is 27.2 Å². The summed E-state index contributed by atoms with van der Waals surface area (Å²) in [6.45, 7) is 6.89. The zero-order valence-corrected chi connectivity index (χ0v) is 8.75. The highest BCUT2D eigenvalue weighted by molar-refractivity contribution is 5.33. The molecular formula is C13H18. The summed E-state index contributed by atoms with van der Waals surface area (Å²) >= 11 is 0. The lowest BCUT2D eigenvalue weighted by atomic mass is 9.82. The van der Waals surface area contributed by atoms with Gasteiger partial charge in [0, 0.05) is 0 Å². The molecule has 13 heavy (non-hydrogen) atoms. The zero-order valence-electron chi connectivity index (χ0n) is 8.75. The molecule has 0 heteroatoms. The van der Waals surface area contributed by atoms with Crippen LogP contribution in [0.2, 0.25) is 0 Å². The largest absolute Gasteiger partial charge is 0.0848 e. The molecule has 2 aliphatic carbocycles. The lowest BCUT2D eigenvalue weighted by molar-refractivity contribution is 0.425. The minimum atomic E-state index is 0.737. The van der Waals surface area contributed by atoms with Crippen molar-refractivity contribution in [1.29, 1.82) is 0 Å². The molecule has 0 aromatic rings. The fraction of sp³-hybridized carbons (Fsp3) is 0.538. The molecule has 0 aliphatic heterocycles. The number of hydrogen-bond acceptors (Lipinski definition) is 0. The van der Waals surface area contributed by atoms with Crippen LogP contribution in [0.5, 0.6) is 0 Å². The molecule has 0 fully saturated rings. The molecule has 2 unspecified atom stereocenters. The Morgan fingerprint density at radius 3 is 2.15 bits per heavy atom. The average Bonchev–Trinajstić information content (AvgIpc) is 2.60. The maximum atomic E-state index is 2.36. The van der Waals surface area contributed by atoms with Crippen molar-refractivity contribution in [3.63, 3.8) is 0 Å². The van der Waals surface area contributed by atoms with Crippen LogP contribution < -0.4 is 0 Å². The van der Waals surface area contributed by atoms with Crippen LogP contribution in [0.15, 0.2) is 35.5 Å². The number of rotatable bonds is 1. The Bertz CT molecular complexity index is 279. The Kier molecular flexibility index (Phi) is 2.15. The molecule has 0 N–H and O–H groups in total. The van der Waals surface area contributed by atoms with Crippen LogP contribution in [0, 0.1) is 17.8 Å². The maximum absolute atomic E-state index is 2.36. The Morgan fingerprint density at radius 2 is 1.69 bits per heavy atom. The molecule has 0 spiro atoms. The summed E-state index contributed by atoms with van der Waals surface area (Å²) in [4.78, 5) is 0. The van der Waals surface area contributed by atoms with Gasteiger partial charge in [0.05, 0.1) is 0 Å². The van der Waals surface area contributed by atoms with Gasteiger partial charge in [0.2, 0.25) is 0 Å². The van der Waals surface area contributed by atoms with Crippen molar-refractivity contribution in [2.24, 2.45) is 17.8 Å². The Morgan fingerprint density at radius 1 is 1.08 bits per heavy atom. The van der Waals surface area contributed by atoms with E-state index in [0.29, 0.717) is 0 Å². The van der Waals surface area contributed by atoms with Crippen LogP contribution in [-0.2, 0) is 0 Å². The van der Waals surface area contributed by atoms with Gasteiger partial charge < -0.3 is 0 Å². The van der Waals surface area contributed by atoms with Crippen molar-refractivity contribution in [3.05, 3.63) is 35.5 Å². The molecule has 0 radical (unpaired) electrons. The van der Waals surface area contributed by atoms with Crippen molar-refractivity contribution in [1.82, 2.24) is 0 Å².